The molecule has 0 spiro atoms. The summed E-state index contributed by atoms with van der Waals surface area (Å²) < 4.78 is 6.75. The summed E-state index contributed by atoms with van der Waals surface area (Å²) in [6.45, 7) is 6.60. The van der Waals surface area contributed by atoms with E-state index in [4.69, 9.17) is 9.40 Å². The number of allylic oxidation sites excluding steroid dienone is 3. The summed E-state index contributed by atoms with van der Waals surface area (Å²) >= 11 is 0. The van der Waals surface area contributed by atoms with Crippen LogP contribution in [-0.4, -0.2) is 9.88 Å². The number of rotatable bonds is 5. The molecule has 0 saturated heterocycles. The van der Waals surface area contributed by atoms with Crippen LogP contribution in [0.5, 0.6) is 0 Å². The van der Waals surface area contributed by atoms with Crippen LogP contribution in [0.3, 0.4) is 0 Å². The Morgan fingerprint density at radius 3 is 2.56 bits per heavy atom. The minimum Gasteiger partial charge on any atom is -0.455 e. The number of para-hydroxylation sites is 1. The molecule has 39 heavy (non-hydrogen) atoms. The van der Waals surface area contributed by atoms with Crippen LogP contribution in [0, 0.1) is 12.8 Å². The monoisotopic (exact) mass is 508 g/mol. The predicted octanol–water partition coefficient (Wildman–Crippen LogP) is 9.18. The van der Waals surface area contributed by atoms with E-state index in [1.807, 2.05) is 6.20 Å². The van der Waals surface area contributed by atoms with Gasteiger partial charge in [0.15, 0.2) is 0 Å². The van der Waals surface area contributed by atoms with Gasteiger partial charge in [0.25, 0.3) is 0 Å². The van der Waals surface area contributed by atoms with Crippen molar-refractivity contribution in [2.24, 2.45) is 5.92 Å². The molecule has 2 aliphatic rings. The minimum absolute atomic E-state index is 0.0903. The molecule has 7 rings (SSSR count). The van der Waals surface area contributed by atoms with Gasteiger partial charge in [-0.25, -0.2) is 0 Å². The molecule has 0 N–H and O–H groups in total. The number of furan rings is 1. The van der Waals surface area contributed by atoms with E-state index >= 15 is 0 Å². The number of benzene rings is 3. The van der Waals surface area contributed by atoms with E-state index in [9.17, 15) is 0 Å². The molecule has 3 aromatic carbocycles. The topological polar surface area (TPSA) is 29.3 Å². The lowest BCUT2D eigenvalue weighted by Crippen LogP contribution is -2.28. The number of aromatic nitrogens is 1. The first-order chi connectivity index (χ1) is 19.1. The van der Waals surface area contributed by atoms with E-state index < -0.39 is 0 Å². The largest absolute Gasteiger partial charge is 0.455 e. The fourth-order valence-electron chi connectivity index (χ4n) is 6.14. The molecule has 3 heteroatoms. The van der Waals surface area contributed by atoms with Gasteiger partial charge >= 0.3 is 0 Å². The van der Waals surface area contributed by atoms with E-state index in [1.165, 1.54) is 49.9 Å². The van der Waals surface area contributed by atoms with Crippen molar-refractivity contribution in [3.05, 3.63) is 131 Å². The average molecular weight is 509 g/mol. The Balaban J connectivity index is 1.36. The second-order valence-corrected chi connectivity index (χ2v) is 11.2. The van der Waals surface area contributed by atoms with Crippen LogP contribution in [0.2, 0.25) is 0 Å². The third-order valence-corrected chi connectivity index (χ3v) is 7.93. The van der Waals surface area contributed by atoms with Crippen LogP contribution in [0.25, 0.3) is 39.3 Å². The van der Waals surface area contributed by atoms with Crippen molar-refractivity contribution in [2.75, 3.05) is 0 Å². The molecule has 0 amide bonds. The number of fused-ring (bicyclic) bond motifs is 7. The number of pyridine rings is 1. The zero-order chi connectivity index (χ0) is 26.5. The standard InChI is InChI=1S/C36H32N2O/c1-23(2)19-27-10-8-12-30-31-16-15-26-21-28(38-18-7-6-13-33(38)34(26)36(31)39-35(27)30)20-25-9-4-5-11-29(25)32-17-14-24(3)22-37-32/h4-18,21-23,33H,19-20H2,1-3H3. The first-order valence-corrected chi connectivity index (χ1v) is 13.9. The number of hydrogen-bond acceptors (Lipinski definition) is 3. The molecule has 3 nitrogen and oxygen atoms in total. The molecule has 0 radical (unpaired) electrons. The molecule has 1 unspecified atom stereocenters. The van der Waals surface area contributed by atoms with Gasteiger partial charge in [0.1, 0.15) is 11.2 Å². The van der Waals surface area contributed by atoms with E-state index in [0.29, 0.717) is 5.92 Å². The minimum atomic E-state index is 0.0903. The smallest absolute Gasteiger partial charge is 0.141 e. The summed E-state index contributed by atoms with van der Waals surface area (Å²) in [6.07, 6.45) is 14.9. The third kappa shape index (κ3) is 4.10. The van der Waals surface area contributed by atoms with Gasteiger partial charge in [-0.05, 0) is 65.8 Å². The molecule has 4 heterocycles. The summed E-state index contributed by atoms with van der Waals surface area (Å²) in [4.78, 5) is 7.13. The van der Waals surface area contributed by atoms with Gasteiger partial charge in [-0.1, -0.05) is 80.6 Å². The summed E-state index contributed by atoms with van der Waals surface area (Å²) in [6, 6.07) is 24.1. The SMILES string of the molecule is Cc1ccc(-c2ccccc2CC2=Cc3ccc4c(oc5c(CC(C)C)cccc54)c3C3C=CC=CN23)nc1. The summed E-state index contributed by atoms with van der Waals surface area (Å²) in [7, 11) is 0. The Bertz CT molecular complexity index is 1800. The summed E-state index contributed by atoms with van der Waals surface area (Å²) in [5, 5.41) is 2.41. The maximum atomic E-state index is 6.75. The molecule has 0 fully saturated rings. The Kier molecular flexibility index (Phi) is 5.73. The van der Waals surface area contributed by atoms with Crippen LogP contribution in [0.15, 0.2) is 107 Å². The first kappa shape index (κ1) is 23.7. The van der Waals surface area contributed by atoms with Crippen LogP contribution in [0.1, 0.15) is 47.7 Å². The van der Waals surface area contributed by atoms with Crippen LogP contribution < -0.4 is 0 Å². The lowest BCUT2D eigenvalue weighted by Gasteiger charge is -2.37. The van der Waals surface area contributed by atoms with Gasteiger partial charge in [0.2, 0.25) is 0 Å². The van der Waals surface area contributed by atoms with Gasteiger partial charge in [0.05, 0.1) is 11.7 Å². The highest BCUT2D eigenvalue weighted by Gasteiger charge is 2.31. The molecule has 2 aliphatic heterocycles. The van der Waals surface area contributed by atoms with Gasteiger partial charge in [-0.3, -0.25) is 4.98 Å². The zero-order valence-corrected chi connectivity index (χ0v) is 22.7. The Morgan fingerprint density at radius 2 is 1.72 bits per heavy atom. The quantitative estimate of drug-likeness (QED) is 0.237. The van der Waals surface area contributed by atoms with Crippen molar-refractivity contribution in [2.45, 2.75) is 39.7 Å². The molecular formula is C36H32N2O. The van der Waals surface area contributed by atoms with Crippen molar-refractivity contribution in [1.82, 2.24) is 9.88 Å². The van der Waals surface area contributed by atoms with Gasteiger partial charge in [0, 0.05) is 46.4 Å². The normalized spacial score (nSPS) is 16.2. The maximum absolute atomic E-state index is 6.75. The summed E-state index contributed by atoms with van der Waals surface area (Å²) in [5.41, 5.74) is 11.7. The predicted molar refractivity (Wildman–Crippen MR) is 161 cm³/mol. The molecule has 0 bridgehead atoms. The van der Waals surface area contributed by atoms with Crippen molar-refractivity contribution < 1.29 is 4.42 Å². The molecule has 192 valence electrons. The zero-order valence-electron chi connectivity index (χ0n) is 22.7. The van der Waals surface area contributed by atoms with Gasteiger partial charge < -0.3 is 9.32 Å². The fourth-order valence-corrected chi connectivity index (χ4v) is 6.14. The number of nitrogens with zero attached hydrogens (tertiary/aromatic N) is 2. The molecule has 0 saturated carbocycles. The highest BCUT2D eigenvalue weighted by Crippen LogP contribution is 2.45. The van der Waals surface area contributed by atoms with Crippen LogP contribution >= 0.6 is 0 Å². The van der Waals surface area contributed by atoms with Crippen molar-refractivity contribution in [3.63, 3.8) is 0 Å². The highest BCUT2D eigenvalue weighted by atomic mass is 16.3. The number of hydrogen-bond donors (Lipinski definition) is 0. The Morgan fingerprint density at radius 1 is 0.872 bits per heavy atom. The van der Waals surface area contributed by atoms with Gasteiger partial charge in [-0.15, -0.1) is 0 Å². The Labute approximate surface area is 229 Å². The lowest BCUT2D eigenvalue weighted by molar-refractivity contribution is 0.386. The van der Waals surface area contributed by atoms with E-state index in [-0.39, 0.29) is 6.04 Å². The molecule has 5 aromatic rings. The summed E-state index contributed by atoms with van der Waals surface area (Å²) in [5.74, 6) is 0.572. The first-order valence-electron chi connectivity index (χ1n) is 13.9. The van der Waals surface area contributed by atoms with Crippen molar-refractivity contribution in [1.29, 1.82) is 0 Å². The average Bonchev–Trinajstić information content (AvgIpc) is 3.33. The molecular weight excluding hydrogens is 476 g/mol. The second-order valence-electron chi connectivity index (χ2n) is 11.2. The third-order valence-electron chi connectivity index (χ3n) is 7.93. The van der Waals surface area contributed by atoms with Crippen LogP contribution in [-0.2, 0) is 12.8 Å². The highest BCUT2D eigenvalue weighted by molar-refractivity contribution is 6.08. The molecule has 2 aromatic heterocycles. The van der Waals surface area contributed by atoms with Crippen molar-refractivity contribution >= 4 is 28.0 Å². The van der Waals surface area contributed by atoms with E-state index in [1.54, 1.807) is 0 Å². The molecule has 0 aliphatic carbocycles. The van der Waals surface area contributed by atoms with E-state index in [2.05, 4.69) is 123 Å². The second kappa shape index (κ2) is 9.43. The number of aryl methyl sites for hydroxylation is 1. The van der Waals surface area contributed by atoms with Gasteiger partial charge in [-0.2, -0.15) is 0 Å². The van der Waals surface area contributed by atoms with Crippen LogP contribution in [0.4, 0.5) is 0 Å². The Hall–Kier alpha value is -4.37. The maximum Gasteiger partial charge on any atom is 0.141 e. The molecule has 1 atom stereocenters. The van der Waals surface area contributed by atoms with Crippen molar-refractivity contribution in [3.8, 4) is 11.3 Å². The van der Waals surface area contributed by atoms with E-state index in [0.717, 1.165) is 29.7 Å². The lowest BCUT2D eigenvalue weighted by atomic mass is 9.88. The fraction of sp³-hybridized carbons (Fsp3) is 0.194.